The molecular formula is C15H29IN4S. The van der Waals surface area contributed by atoms with Crippen molar-refractivity contribution in [2.75, 3.05) is 26.7 Å². The van der Waals surface area contributed by atoms with Crippen LogP contribution in [0, 0.1) is 6.92 Å². The van der Waals surface area contributed by atoms with Crippen LogP contribution in [0.1, 0.15) is 30.5 Å². The average molecular weight is 424 g/mol. The molecule has 2 N–H and O–H groups in total. The Balaban J connectivity index is 0.00000400. The molecule has 1 rings (SSSR count). The zero-order chi connectivity index (χ0) is 15.0. The number of aryl methyl sites for hydroxylation is 1. The van der Waals surface area contributed by atoms with Crippen LogP contribution in [0.15, 0.2) is 17.1 Å². The summed E-state index contributed by atoms with van der Waals surface area (Å²) in [5.41, 5.74) is 0. The van der Waals surface area contributed by atoms with Gasteiger partial charge < -0.3 is 10.6 Å². The first kappa shape index (κ1) is 20.7. The van der Waals surface area contributed by atoms with Gasteiger partial charge in [0.2, 0.25) is 0 Å². The summed E-state index contributed by atoms with van der Waals surface area (Å²) >= 11 is 1.82. The lowest BCUT2D eigenvalue weighted by Gasteiger charge is -2.25. The predicted molar refractivity (Wildman–Crippen MR) is 105 cm³/mol. The Morgan fingerprint density at radius 2 is 2.05 bits per heavy atom. The van der Waals surface area contributed by atoms with Crippen LogP contribution in [0.4, 0.5) is 0 Å². The van der Waals surface area contributed by atoms with Crippen LogP contribution in [-0.4, -0.2) is 43.6 Å². The third-order valence-corrected chi connectivity index (χ3v) is 4.28. The summed E-state index contributed by atoms with van der Waals surface area (Å²) in [5, 5.41) is 6.72. The monoisotopic (exact) mass is 424 g/mol. The number of nitrogens with zero attached hydrogens (tertiary/aromatic N) is 2. The maximum absolute atomic E-state index is 4.26. The molecule has 0 aliphatic heterocycles. The van der Waals surface area contributed by atoms with Crippen molar-refractivity contribution in [3.8, 4) is 0 Å². The molecule has 122 valence electrons. The quantitative estimate of drug-likeness (QED) is 0.402. The molecule has 0 unspecified atom stereocenters. The van der Waals surface area contributed by atoms with Gasteiger partial charge in [0.05, 0.1) is 6.54 Å². The first-order valence-electron chi connectivity index (χ1n) is 7.30. The minimum Gasteiger partial charge on any atom is -0.355 e. The second-order valence-electron chi connectivity index (χ2n) is 5.09. The summed E-state index contributed by atoms with van der Waals surface area (Å²) in [4.78, 5) is 9.37. The van der Waals surface area contributed by atoms with E-state index in [1.54, 1.807) is 0 Å². The topological polar surface area (TPSA) is 39.7 Å². The SMILES string of the molecule is CCN(CCNC(=NC)NCc1ccc(C)s1)C(C)C.I. The van der Waals surface area contributed by atoms with Gasteiger partial charge in [-0.2, -0.15) is 0 Å². The predicted octanol–water partition coefficient (Wildman–Crippen LogP) is 3.07. The van der Waals surface area contributed by atoms with E-state index >= 15 is 0 Å². The lowest BCUT2D eigenvalue weighted by Crippen LogP contribution is -2.42. The Labute approximate surface area is 150 Å². The normalized spacial score (nSPS) is 11.7. The van der Waals surface area contributed by atoms with E-state index in [4.69, 9.17) is 0 Å². The summed E-state index contributed by atoms with van der Waals surface area (Å²) in [6, 6.07) is 4.91. The molecule has 0 amide bonds. The van der Waals surface area contributed by atoms with Crippen molar-refractivity contribution in [1.29, 1.82) is 0 Å². The molecule has 0 saturated heterocycles. The van der Waals surface area contributed by atoms with Crippen LogP contribution in [0.25, 0.3) is 0 Å². The molecule has 1 aromatic rings. The van der Waals surface area contributed by atoms with Crippen LogP contribution in [0.2, 0.25) is 0 Å². The summed E-state index contributed by atoms with van der Waals surface area (Å²) in [7, 11) is 1.81. The molecule has 0 fully saturated rings. The molecule has 1 heterocycles. The highest BCUT2D eigenvalue weighted by atomic mass is 127. The molecule has 1 aromatic heterocycles. The van der Waals surface area contributed by atoms with E-state index in [0.29, 0.717) is 6.04 Å². The molecule has 0 radical (unpaired) electrons. The number of likely N-dealkylation sites (N-methyl/N-ethyl adjacent to an activating group) is 1. The maximum atomic E-state index is 4.26. The highest BCUT2D eigenvalue weighted by Gasteiger charge is 2.06. The molecule has 0 spiro atoms. The fraction of sp³-hybridized carbons (Fsp3) is 0.667. The smallest absolute Gasteiger partial charge is 0.191 e. The van der Waals surface area contributed by atoms with E-state index in [2.05, 4.69) is 60.4 Å². The summed E-state index contributed by atoms with van der Waals surface area (Å²) < 4.78 is 0. The fourth-order valence-corrected chi connectivity index (χ4v) is 2.90. The molecule has 6 heteroatoms. The van der Waals surface area contributed by atoms with E-state index in [1.807, 2.05) is 18.4 Å². The highest BCUT2D eigenvalue weighted by molar-refractivity contribution is 14.0. The second-order valence-corrected chi connectivity index (χ2v) is 6.46. The standard InChI is InChI=1S/C15H28N4S.HI/c1-6-19(12(2)3)10-9-17-15(16-5)18-11-14-8-7-13(4)20-14;/h7-8,12H,6,9-11H2,1-5H3,(H2,16,17,18);1H. The number of thiophene rings is 1. The minimum absolute atomic E-state index is 0. The fourth-order valence-electron chi connectivity index (χ4n) is 2.07. The van der Waals surface area contributed by atoms with Crippen molar-refractivity contribution >= 4 is 41.3 Å². The molecule has 0 atom stereocenters. The first-order chi connectivity index (χ1) is 9.56. The van der Waals surface area contributed by atoms with Crippen LogP contribution < -0.4 is 10.6 Å². The number of guanidine groups is 1. The highest BCUT2D eigenvalue weighted by Crippen LogP contribution is 2.14. The largest absolute Gasteiger partial charge is 0.355 e. The lowest BCUT2D eigenvalue weighted by atomic mass is 10.3. The zero-order valence-corrected chi connectivity index (χ0v) is 16.9. The number of hydrogen-bond acceptors (Lipinski definition) is 3. The van der Waals surface area contributed by atoms with Crippen molar-refractivity contribution in [1.82, 2.24) is 15.5 Å². The third kappa shape index (κ3) is 8.01. The van der Waals surface area contributed by atoms with E-state index < -0.39 is 0 Å². The van der Waals surface area contributed by atoms with Crippen LogP contribution in [0.5, 0.6) is 0 Å². The molecule has 0 aromatic carbocycles. The van der Waals surface area contributed by atoms with Gasteiger partial charge in [-0.15, -0.1) is 35.3 Å². The van der Waals surface area contributed by atoms with Gasteiger partial charge in [-0.1, -0.05) is 6.92 Å². The molecule has 0 saturated carbocycles. The van der Waals surface area contributed by atoms with Crippen molar-refractivity contribution < 1.29 is 0 Å². The Kier molecular flexibility index (Phi) is 11.1. The molecule has 21 heavy (non-hydrogen) atoms. The molecule has 4 nitrogen and oxygen atoms in total. The van der Waals surface area contributed by atoms with Gasteiger partial charge in [0.15, 0.2) is 5.96 Å². The van der Waals surface area contributed by atoms with E-state index in [0.717, 1.165) is 32.1 Å². The Morgan fingerprint density at radius 3 is 2.52 bits per heavy atom. The van der Waals surface area contributed by atoms with Gasteiger partial charge >= 0.3 is 0 Å². The van der Waals surface area contributed by atoms with E-state index in [1.165, 1.54) is 9.75 Å². The first-order valence-corrected chi connectivity index (χ1v) is 8.12. The zero-order valence-electron chi connectivity index (χ0n) is 13.8. The van der Waals surface area contributed by atoms with E-state index in [-0.39, 0.29) is 24.0 Å². The Morgan fingerprint density at radius 1 is 1.33 bits per heavy atom. The molecular weight excluding hydrogens is 395 g/mol. The number of halogens is 1. The lowest BCUT2D eigenvalue weighted by molar-refractivity contribution is 0.237. The molecule has 0 bridgehead atoms. The van der Waals surface area contributed by atoms with E-state index in [9.17, 15) is 0 Å². The van der Waals surface area contributed by atoms with Crippen molar-refractivity contribution in [3.63, 3.8) is 0 Å². The summed E-state index contributed by atoms with van der Waals surface area (Å²) in [5.74, 6) is 0.871. The molecule has 0 aliphatic rings. The second kappa shape index (κ2) is 11.3. The third-order valence-electron chi connectivity index (χ3n) is 3.28. The van der Waals surface area contributed by atoms with Crippen LogP contribution in [0.3, 0.4) is 0 Å². The molecule has 0 aliphatic carbocycles. The van der Waals surface area contributed by atoms with Gasteiger partial charge in [0, 0.05) is 35.9 Å². The number of hydrogen-bond donors (Lipinski definition) is 2. The average Bonchev–Trinajstić information content (AvgIpc) is 2.83. The van der Waals surface area contributed by atoms with Gasteiger partial charge in [-0.3, -0.25) is 9.89 Å². The number of aliphatic imine (C=N–C) groups is 1. The van der Waals surface area contributed by atoms with Crippen molar-refractivity contribution in [2.45, 2.75) is 40.3 Å². The minimum atomic E-state index is 0. The van der Waals surface area contributed by atoms with Gasteiger partial charge in [-0.05, 0) is 39.4 Å². The number of rotatable bonds is 7. The Hall–Kier alpha value is -0.340. The number of nitrogens with one attached hydrogen (secondary N) is 2. The van der Waals surface area contributed by atoms with Gasteiger partial charge in [0.1, 0.15) is 0 Å². The summed E-state index contributed by atoms with van der Waals surface area (Å²) in [6.45, 7) is 12.7. The van der Waals surface area contributed by atoms with Crippen LogP contribution in [-0.2, 0) is 6.54 Å². The Bertz CT molecular complexity index is 418. The summed E-state index contributed by atoms with van der Waals surface area (Å²) in [6.07, 6.45) is 0. The maximum Gasteiger partial charge on any atom is 0.191 e. The van der Waals surface area contributed by atoms with Crippen molar-refractivity contribution in [3.05, 3.63) is 21.9 Å². The van der Waals surface area contributed by atoms with Gasteiger partial charge in [-0.25, -0.2) is 0 Å². The van der Waals surface area contributed by atoms with Crippen LogP contribution >= 0.6 is 35.3 Å². The van der Waals surface area contributed by atoms with Crippen molar-refractivity contribution in [2.24, 2.45) is 4.99 Å². The van der Waals surface area contributed by atoms with Gasteiger partial charge in [0.25, 0.3) is 0 Å².